The van der Waals surface area contributed by atoms with Gasteiger partial charge in [0.1, 0.15) is 0 Å². The van der Waals surface area contributed by atoms with Gasteiger partial charge in [-0.05, 0) is 25.7 Å². The van der Waals surface area contributed by atoms with Crippen LogP contribution in [0.1, 0.15) is 0 Å². The Morgan fingerprint density at radius 1 is 1.31 bits per heavy atom. The number of unbranched alkanes of at least 4 members (excludes halogenated alkanes) is 2. The summed E-state index contributed by atoms with van der Waals surface area (Å²) in [6.45, 7) is 0.298. The molecule has 3 nitrogen and oxygen atoms in total. The number of hydrogen-bond acceptors (Lipinski definition) is 3. The first-order chi connectivity index (χ1) is 6.35. The van der Waals surface area contributed by atoms with Crippen molar-refractivity contribution in [1.29, 1.82) is 0 Å². The van der Waals surface area contributed by atoms with Crippen molar-refractivity contribution in [1.82, 2.24) is 0 Å². The predicted molar refractivity (Wildman–Crippen MR) is 51.8 cm³/mol. The minimum Gasteiger partial charge on any atom is -0.396 e. The summed E-state index contributed by atoms with van der Waals surface area (Å²) in [4.78, 5) is 0. The maximum atomic E-state index is 8.48. The van der Waals surface area contributed by atoms with E-state index in [0.29, 0.717) is 5.88 Å². The number of halogens is 1. The van der Waals surface area contributed by atoms with Gasteiger partial charge in [-0.1, -0.05) is 0 Å². The highest BCUT2D eigenvalue weighted by Gasteiger charge is 2.06. The summed E-state index contributed by atoms with van der Waals surface area (Å²) in [5.74, 6) is 0.351. The number of hydrogen-bond donors (Lipinski definition) is 2. The third kappa shape index (κ3) is 8.50. The van der Waals surface area contributed by atoms with Crippen LogP contribution in [0.4, 0.5) is 0 Å². The maximum absolute atomic E-state index is 8.48. The molecule has 0 aromatic carbocycles. The molecule has 2 N–H and O–H groups in total. The Bertz CT molecular complexity index is 101. The van der Waals surface area contributed by atoms with Gasteiger partial charge >= 0.3 is 0 Å². The van der Waals surface area contributed by atoms with Crippen LogP contribution in [0.25, 0.3) is 0 Å². The smallest absolute Gasteiger partial charge is 0.0746 e. The summed E-state index contributed by atoms with van der Waals surface area (Å²) in [7, 11) is 0. The van der Waals surface area contributed by atoms with Crippen molar-refractivity contribution in [3.63, 3.8) is 0 Å². The van der Waals surface area contributed by atoms with Gasteiger partial charge in [0.2, 0.25) is 0 Å². The largest absolute Gasteiger partial charge is 0.396 e. The molecule has 0 fully saturated rings. The van der Waals surface area contributed by atoms with Gasteiger partial charge in [0.05, 0.1) is 19.3 Å². The van der Waals surface area contributed by atoms with Gasteiger partial charge < -0.3 is 14.9 Å². The summed E-state index contributed by atoms with van der Waals surface area (Å²) in [6, 6.07) is 0. The van der Waals surface area contributed by atoms with Crippen molar-refractivity contribution in [3.05, 3.63) is 25.7 Å². The van der Waals surface area contributed by atoms with E-state index in [1.165, 1.54) is 0 Å². The number of ether oxygens (including phenoxy) is 1. The molecular weight excluding hydrogens is 192 g/mol. The van der Waals surface area contributed by atoms with Crippen molar-refractivity contribution in [2.45, 2.75) is 6.10 Å². The Kier molecular flexibility index (Phi) is 10.4. The van der Waals surface area contributed by atoms with Crippen LogP contribution in [0, 0.1) is 25.7 Å². The van der Waals surface area contributed by atoms with E-state index < -0.39 is 0 Å². The molecule has 0 bridgehead atoms. The van der Waals surface area contributed by atoms with Crippen molar-refractivity contribution in [2.24, 2.45) is 0 Å². The molecule has 76 valence electrons. The van der Waals surface area contributed by atoms with Crippen molar-refractivity contribution >= 4 is 11.6 Å². The topological polar surface area (TPSA) is 49.7 Å². The second-order valence-electron chi connectivity index (χ2n) is 2.28. The van der Waals surface area contributed by atoms with Gasteiger partial charge in [-0.3, -0.25) is 0 Å². The molecule has 0 aliphatic carbocycles. The Hall–Kier alpha value is 0.170. The highest BCUT2D eigenvalue weighted by molar-refractivity contribution is 6.18. The Balaban J connectivity index is 3.25. The van der Waals surface area contributed by atoms with Crippen LogP contribution < -0.4 is 0 Å². The normalized spacial score (nSPS) is 13.2. The number of aliphatic hydroxyl groups is 2. The van der Waals surface area contributed by atoms with Gasteiger partial charge in [0, 0.05) is 12.5 Å². The number of alkyl halides is 1. The van der Waals surface area contributed by atoms with Crippen LogP contribution in [-0.4, -0.2) is 42.0 Å². The Morgan fingerprint density at radius 3 is 2.62 bits per heavy atom. The molecule has 4 radical (unpaired) electrons. The lowest BCUT2D eigenvalue weighted by Crippen LogP contribution is -2.18. The highest BCUT2D eigenvalue weighted by atomic mass is 35.5. The monoisotopic (exact) mass is 206 g/mol. The number of aliphatic hydroxyl groups excluding tert-OH is 2. The first kappa shape index (κ1) is 13.2. The summed E-state index contributed by atoms with van der Waals surface area (Å²) in [5, 5.41) is 16.9. The molecule has 0 aliphatic heterocycles. The standard InChI is InChI=1S/C9H15ClO3/c10-8-9(13-7-6-12)4-2-1-3-5-11/h1-4,9,11-12H,5-8H2/t9-/m0/s1. The van der Waals surface area contributed by atoms with E-state index in [9.17, 15) is 0 Å². The molecule has 0 amide bonds. The van der Waals surface area contributed by atoms with Gasteiger partial charge in [0.15, 0.2) is 0 Å². The average Bonchev–Trinajstić information content (AvgIpc) is 2.17. The third-order valence-electron chi connectivity index (χ3n) is 1.25. The summed E-state index contributed by atoms with van der Waals surface area (Å²) < 4.78 is 5.16. The van der Waals surface area contributed by atoms with E-state index in [1.54, 1.807) is 25.7 Å². The van der Waals surface area contributed by atoms with Crippen LogP contribution in [0.5, 0.6) is 0 Å². The van der Waals surface area contributed by atoms with E-state index in [2.05, 4.69) is 0 Å². The molecule has 0 heterocycles. The first-order valence-corrected chi connectivity index (χ1v) is 4.61. The van der Waals surface area contributed by atoms with Crippen molar-refractivity contribution in [2.75, 3.05) is 25.7 Å². The van der Waals surface area contributed by atoms with E-state index in [0.717, 1.165) is 0 Å². The molecule has 4 heteroatoms. The molecular formula is C9H15ClO3. The van der Waals surface area contributed by atoms with Crippen LogP contribution in [-0.2, 0) is 4.74 Å². The molecule has 0 saturated heterocycles. The zero-order valence-electron chi connectivity index (χ0n) is 7.40. The van der Waals surface area contributed by atoms with E-state index >= 15 is 0 Å². The molecule has 0 saturated carbocycles. The molecule has 0 aliphatic rings. The Labute approximate surface area is 84.7 Å². The van der Waals surface area contributed by atoms with E-state index in [1.807, 2.05) is 0 Å². The highest BCUT2D eigenvalue weighted by Crippen LogP contribution is 2.05. The van der Waals surface area contributed by atoms with E-state index in [4.69, 9.17) is 26.6 Å². The van der Waals surface area contributed by atoms with Gasteiger partial charge in [0.25, 0.3) is 0 Å². The fourth-order valence-electron chi connectivity index (χ4n) is 0.683. The summed E-state index contributed by atoms with van der Waals surface area (Å²) in [5.41, 5.74) is 0. The van der Waals surface area contributed by atoms with Crippen molar-refractivity contribution in [3.8, 4) is 0 Å². The van der Waals surface area contributed by atoms with E-state index in [-0.39, 0.29) is 25.9 Å². The lowest BCUT2D eigenvalue weighted by molar-refractivity contribution is 0.0590. The summed E-state index contributed by atoms with van der Waals surface area (Å²) >= 11 is 5.58. The van der Waals surface area contributed by atoms with Gasteiger partial charge in [-0.25, -0.2) is 0 Å². The maximum Gasteiger partial charge on any atom is 0.0746 e. The lowest BCUT2D eigenvalue weighted by atomic mass is 10.1. The fourth-order valence-corrected chi connectivity index (χ4v) is 0.875. The van der Waals surface area contributed by atoms with Crippen LogP contribution >= 0.6 is 11.6 Å². The van der Waals surface area contributed by atoms with Crippen LogP contribution in [0.15, 0.2) is 0 Å². The van der Waals surface area contributed by atoms with Crippen molar-refractivity contribution < 1.29 is 14.9 Å². The summed E-state index contributed by atoms with van der Waals surface area (Å²) in [6.07, 6.45) is 6.66. The fraction of sp³-hybridized carbons (Fsp3) is 0.556. The van der Waals surface area contributed by atoms with Crippen LogP contribution in [0.3, 0.4) is 0 Å². The Morgan fingerprint density at radius 2 is 2.08 bits per heavy atom. The molecule has 0 aromatic heterocycles. The molecule has 0 unspecified atom stereocenters. The molecule has 0 spiro atoms. The SMILES string of the molecule is OC[CH][CH][CH][CH][C@@H](CCl)OCCO. The number of rotatable bonds is 9. The zero-order chi connectivity index (χ0) is 9.94. The second-order valence-corrected chi connectivity index (χ2v) is 2.59. The average molecular weight is 207 g/mol. The third-order valence-corrected chi connectivity index (χ3v) is 1.56. The molecule has 13 heavy (non-hydrogen) atoms. The quantitative estimate of drug-likeness (QED) is 0.425. The predicted octanol–water partition coefficient (Wildman–Crippen LogP) is 0.412. The zero-order valence-corrected chi connectivity index (χ0v) is 8.15. The lowest BCUT2D eigenvalue weighted by Gasteiger charge is -2.13. The first-order valence-electron chi connectivity index (χ1n) is 4.07. The second kappa shape index (κ2) is 10.3. The molecule has 0 aromatic rings. The van der Waals surface area contributed by atoms with Gasteiger partial charge in [-0.2, -0.15) is 0 Å². The van der Waals surface area contributed by atoms with Crippen LogP contribution in [0.2, 0.25) is 0 Å². The minimum absolute atomic E-state index is 0.00624. The van der Waals surface area contributed by atoms with Gasteiger partial charge in [-0.15, -0.1) is 11.6 Å². The minimum atomic E-state index is -0.183. The molecule has 0 rings (SSSR count). The molecule has 1 atom stereocenters.